The van der Waals surface area contributed by atoms with E-state index in [1.807, 2.05) is 21.1 Å². The fourth-order valence-corrected chi connectivity index (χ4v) is 7.48. The van der Waals surface area contributed by atoms with E-state index in [2.05, 4.69) is 196 Å². The third-order valence-electron chi connectivity index (χ3n) is 12.2. The Balaban J connectivity index is 4.39. The Bertz CT molecular complexity index is 1980. The predicted molar refractivity (Wildman–Crippen MR) is 345 cm³/mol. The lowest BCUT2D eigenvalue weighted by atomic mass is 10.1. The normalized spacial score (nSPS) is 14.0. The molecule has 0 aromatic rings. The van der Waals surface area contributed by atoms with Crippen LogP contribution < -0.4 is 0 Å². The van der Waals surface area contributed by atoms with Gasteiger partial charge in [0, 0.05) is 12.8 Å². The average molecular weight is 1120 g/mol. The van der Waals surface area contributed by atoms with Gasteiger partial charge in [0.05, 0.1) is 34.4 Å². The van der Waals surface area contributed by atoms with Gasteiger partial charge in [-0.1, -0.05) is 228 Å². The number of carbonyl (C=O) groups is 3. The molecule has 452 valence electrons. The van der Waals surface area contributed by atoms with Crippen LogP contribution in [0.25, 0.3) is 0 Å². The van der Waals surface area contributed by atoms with Gasteiger partial charge < -0.3 is 28.5 Å². The molecule has 0 radical (unpaired) electrons. The van der Waals surface area contributed by atoms with Gasteiger partial charge in [0.25, 0.3) is 6.29 Å². The molecule has 0 rings (SSSR count). The van der Waals surface area contributed by atoms with Gasteiger partial charge in [-0.3, -0.25) is 9.59 Å². The molecule has 0 aliphatic carbocycles. The van der Waals surface area contributed by atoms with E-state index in [1.165, 1.54) is 0 Å². The van der Waals surface area contributed by atoms with E-state index in [9.17, 15) is 19.5 Å². The summed E-state index contributed by atoms with van der Waals surface area (Å²) >= 11 is 0. The second-order valence-electron chi connectivity index (χ2n) is 20.9. The van der Waals surface area contributed by atoms with Crippen molar-refractivity contribution in [3.05, 3.63) is 182 Å². The summed E-state index contributed by atoms with van der Waals surface area (Å²) in [6, 6.07) is 0. The van der Waals surface area contributed by atoms with E-state index in [0.717, 1.165) is 154 Å². The quantitative estimate of drug-likeness (QED) is 0.0211. The zero-order valence-electron chi connectivity index (χ0n) is 51.4. The number of hydrogen-bond acceptors (Lipinski definition) is 7. The Kier molecular flexibility index (Phi) is 56.3. The fraction of sp³-hybridized carbons (Fsp3) is 0.542. The summed E-state index contributed by atoms with van der Waals surface area (Å²) in [5, 5.41) is 9.72. The summed E-state index contributed by atoms with van der Waals surface area (Å²) in [7, 11) is 5.93. The second kappa shape index (κ2) is 60.5. The molecule has 0 saturated carbocycles. The summed E-state index contributed by atoms with van der Waals surface area (Å²) in [4.78, 5) is 37.5. The Morgan fingerprint density at radius 1 is 0.370 bits per heavy atom. The molecule has 0 aliphatic heterocycles. The summed E-state index contributed by atoms with van der Waals surface area (Å²) in [5.41, 5.74) is 0. The van der Waals surface area contributed by atoms with Crippen LogP contribution in [0.15, 0.2) is 182 Å². The van der Waals surface area contributed by atoms with Crippen LogP contribution in [0.5, 0.6) is 0 Å². The van der Waals surface area contributed by atoms with Crippen molar-refractivity contribution in [2.24, 2.45) is 0 Å². The molecular weight excluding hydrogens is 1010 g/mol. The van der Waals surface area contributed by atoms with E-state index in [1.54, 1.807) is 0 Å². The summed E-state index contributed by atoms with van der Waals surface area (Å²) in [5.74, 6) is -2.10. The van der Waals surface area contributed by atoms with Crippen molar-refractivity contribution in [3.63, 3.8) is 0 Å². The van der Waals surface area contributed by atoms with Crippen molar-refractivity contribution in [1.29, 1.82) is 0 Å². The third-order valence-corrected chi connectivity index (χ3v) is 12.2. The van der Waals surface area contributed by atoms with Gasteiger partial charge >= 0.3 is 17.9 Å². The highest BCUT2D eigenvalue weighted by Gasteiger charge is 2.25. The average Bonchev–Trinajstić information content (AvgIpc) is 3.44. The van der Waals surface area contributed by atoms with Gasteiger partial charge in [0.15, 0.2) is 6.10 Å². The van der Waals surface area contributed by atoms with Crippen LogP contribution in [0.2, 0.25) is 0 Å². The first-order valence-corrected chi connectivity index (χ1v) is 30.9. The number of carbonyl (C=O) groups excluding carboxylic acids is 2. The monoisotopic (exact) mass is 1120 g/mol. The van der Waals surface area contributed by atoms with Crippen LogP contribution >= 0.6 is 0 Å². The fourth-order valence-electron chi connectivity index (χ4n) is 7.48. The number of quaternary nitrogens is 1. The summed E-state index contributed by atoms with van der Waals surface area (Å²) < 4.78 is 22.8. The number of carboxylic acid groups (broad SMARTS) is 1. The number of hydrogen-bond donors (Lipinski definition) is 1. The van der Waals surface area contributed by atoms with Crippen LogP contribution in [0.3, 0.4) is 0 Å². The lowest BCUT2D eigenvalue weighted by molar-refractivity contribution is -0.870. The van der Waals surface area contributed by atoms with Gasteiger partial charge in [-0.05, 0) is 135 Å². The van der Waals surface area contributed by atoms with Crippen molar-refractivity contribution in [3.8, 4) is 0 Å². The predicted octanol–water partition coefficient (Wildman–Crippen LogP) is 18.9. The van der Waals surface area contributed by atoms with Gasteiger partial charge in [-0.2, -0.15) is 0 Å². The van der Waals surface area contributed by atoms with Crippen molar-refractivity contribution in [2.45, 2.75) is 206 Å². The lowest BCUT2D eigenvalue weighted by Crippen LogP contribution is -2.40. The molecule has 2 atom stereocenters. The maximum atomic E-state index is 12.9. The lowest BCUT2D eigenvalue weighted by Gasteiger charge is -2.25. The van der Waals surface area contributed by atoms with E-state index < -0.39 is 24.3 Å². The molecule has 0 fully saturated rings. The molecule has 9 nitrogen and oxygen atoms in total. The number of ether oxygens (including phenoxy) is 4. The van der Waals surface area contributed by atoms with Crippen LogP contribution in [0, 0.1) is 0 Å². The number of allylic oxidation sites excluding steroid dienone is 30. The molecule has 9 heteroatoms. The number of aliphatic carboxylic acids is 1. The number of carboxylic acids is 1. The van der Waals surface area contributed by atoms with Crippen LogP contribution in [0.4, 0.5) is 0 Å². The number of unbranched alkanes of at least 4 members (excludes halogenated alkanes) is 9. The SMILES string of the molecule is CC/C=C\C/C=C\C/C=C\C/C=C\C/C=C\C/C=C\C/C=C\C/C=C\C/C=C\CCCCCC(=O)OC(COC(=O)CCCCCCCC/C=C\C/C=C\C/C=C\C/C=C\C/C=C\C/C=C\CC)COC(OCC[N+](C)(C)C)C(=O)O. The highest BCUT2D eigenvalue weighted by Crippen LogP contribution is 2.12. The van der Waals surface area contributed by atoms with Crippen molar-refractivity contribution < 1.29 is 42.9 Å². The van der Waals surface area contributed by atoms with E-state index in [4.69, 9.17) is 18.9 Å². The van der Waals surface area contributed by atoms with Crippen molar-refractivity contribution in [1.82, 2.24) is 0 Å². The van der Waals surface area contributed by atoms with E-state index in [-0.39, 0.29) is 38.6 Å². The molecule has 0 bridgehead atoms. The molecule has 0 amide bonds. The molecule has 2 unspecified atom stereocenters. The van der Waals surface area contributed by atoms with Crippen LogP contribution in [-0.2, 0) is 33.3 Å². The van der Waals surface area contributed by atoms with Crippen molar-refractivity contribution >= 4 is 17.9 Å². The molecular formula is C72H112NO8+. The first-order chi connectivity index (χ1) is 39.6. The Hall–Kier alpha value is -5.61. The molecule has 0 aromatic carbocycles. The highest BCUT2D eigenvalue weighted by molar-refractivity contribution is 5.71. The van der Waals surface area contributed by atoms with E-state index in [0.29, 0.717) is 23.9 Å². The maximum absolute atomic E-state index is 12.9. The molecule has 81 heavy (non-hydrogen) atoms. The van der Waals surface area contributed by atoms with Gasteiger partial charge in [-0.15, -0.1) is 0 Å². The molecule has 0 spiro atoms. The van der Waals surface area contributed by atoms with Crippen LogP contribution in [0.1, 0.15) is 194 Å². The number of rotatable bonds is 54. The molecule has 0 aromatic heterocycles. The number of esters is 2. The zero-order chi connectivity index (χ0) is 59.1. The van der Waals surface area contributed by atoms with Gasteiger partial charge in [0.1, 0.15) is 13.2 Å². The Morgan fingerprint density at radius 2 is 0.667 bits per heavy atom. The summed E-state index contributed by atoms with van der Waals surface area (Å²) in [6.07, 6.45) is 89.7. The highest BCUT2D eigenvalue weighted by atomic mass is 16.7. The second-order valence-corrected chi connectivity index (χ2v) is 20.9. The first-order valence-electron chi connectivity index (χ1n) is 30.9. The van der Waals surface area contributed by atoms with Crippen LogP contribution in [-0.4, -0.2) is 87.4 Å². The Morgan fingerprint density at radius 3 is 1.00 bits per heavy atom. The molecule has 0 aliphatic rings. The minimum atomic E-state index is -1.54. The molecule has 0 saturated heterocycles. The van der Waals surface area contributed by atoms with E-state index >= 15 is 0 Å². The largest absolute Gasteiger partial charge is 0.477 e. The Labute approximate surface area is 494 Å². The zero-order valence-corrected chi connectivity index (χ0v) is 51.4. The number of likely N-dealkylation sites (N-methyl/N-ethyl adjacent to an activating group) is 1. The minimum Gasteiger partial charge on any atom is -0.477 e. The van der Waals surface area contributed by atoms with Gasteiger partial charge in [-0.25, -0.2) is 4.79 Å². The number of nitrogens with zero attached hydrogens (tertiary/aromatic N) is 1. The summed E-state index contributed by atoms with van der Waals surface area (Å²) in [6.45, 7) is 4.55. The third kappa shape index (κ3) is 61.9. The van der Waals surface area contributed by atoms with Crippen molar-refractivity contribution in [2.75, 3.05) is 47.5 Å². The van der Waals surface area contributed by atoms with Gasteiger partial charge in [0.2, 0.25) is 0 Å². The maximum Gasteiger partial charge on any atom is 0.361 e. The minimum absolute atomic E-state index is 0.166. The molecule has 0 heterocycles. The molecule has 1 N–H and O–H groups in total. The standard InChI is InChI=1S/C72H111NO8/c1-6-8-10-12-14-16-18-20-22-24-26-28-30-32-33-34-35-36-37-39-41-43-45-47-49-51-53-55-57-59-61-63-70(75)81-68(67-80-72(71(76)77)78-65-64-73(3,4)5)66-79-69(74)62-60-58-56-54-52-50-48-46-44-42-40-38-31-29-27-25-23-21-19-17-15-13-11-9-7-2/h8-11,14-17,20-23,26-29,32-33,35-36,38-41,44-47,51,53,68,72H,6-7,12-13,18-19,24-25,30-31,34,37,42-43,48-50,52,54-67H2,1-5H3/p+1/b10-8-,11-9-,16-14-,17-15-,22-20-,23-21-,28-26-,29-27-,33-32-,36-35-,40-38-,41-39-,46-44-,47-45-,53-51-. The first kappa shape index (κ1) is 75.4. The smallest absolute Gasteiger partial charge is 0.361 e. The topological polar surface area (TPSA) is 108 Å².